The van der Waals surface area contributed by atoms with Crippen LogP contribution in [0.15, 0.2) is 29.3 Å². The van der Waals surface area contributed by atoms with Crippen molar-refractivity contribution in [2.45, 2.75) is 58.8 Å². The Balaban J connectivity index is 0.00000420. The molecule has 166 valence electrons. The van der Waals surface area contributed by atoms with Crippen LogP contribution in [0, 0.1) is 6.92 Å². The zero-order valence-corrected chi connectivity index (χ0v) is 20.9. The fourth-order valence-electron chi connectivity index (χ4n) is 3.24. The summed E-state index contributed by atoms with van der Waals surface area (Å²) in [5, 5.41) is 6.94. The Morgan fingerprint density at radius 2 is 1.83 bits per heavy atom. The van der Waals surface area contributed by atoms with E-state index in [1.165, 1.54) is 5.56 Å². The Bertz CT molecular complexity index is 587. The highest BCUT2D eigenvalue weighted by Gasteiger charge is 2.20. The molecule has 2 N–H and O–H groups in total. The lowest BCUT2D eigenvalue weighted by atomic mass is 10.1. The molecule has 1 heterocycles. The molecule has 2 rings (SSSR count). The number of guanidine groups is 1. The maximum Gasteiger partial charge on any atom is 0.191 e. The smallest absolute Gasteiger partial charge is 0.191 e. The van der Waals surface area contributed by atoms with Gasteiger partial charge in [0.2, 0.25) is 0 Å². The van der Waals surface area contributed by atoms with Gasteiger partial charge in [0.25, 0.3) is 0 Å². The first-order valence-corrected chi connectivity index (χ1v) is 10.5. The quantitative estimate of drug-likeness (QED) is 0.298. The van der Waals surface area contributed by atoms with Crippen molar-refractivity contribution in [2.75, 3.05) is 39.8 Å². The second kappa shape index (κ2) is 14.0. The number of aliphatic imine (C=N–C) groups is 1. The van der Waals surface area contributed by atoms with Gasteiger partial charge < -0.3 is 25.0 Å². The molecular formula is C22H39IN4O2. The van der Waals surface area contributed by atoms with Crippen LogP contribution in [-0.2, 0) is 4.74 Å². The molecule has 1 atom stereocenters. The zero-order valence-electron chi connectivity index (χ0n) is 18.6. The molecule has 29 heavy (non-hydrogen) atoms. The predicted octanol–water partition coefficient (Wildman–Crippen LogP) is 3.43. The van der Waals surface area contributed by atoms with Gasteiger partial charge >= 0.3 is 0 Å². The minimum Gasteiger partial charge on any atom is -0.489 e. The lowest BCUT2D eigenvalue weighted by molar-refractivity contribution is 0.0532. The third-order valence-corrected chi connectivity index (χ3v) is 4.93. The monoisotopic (exact) mass is 518 g/mol. The Morgan fingerprint density at radius 1 is 1.17 bits per heavy atom. The average molecular weight is 518 g/mol. The van der Waals surface area contributed by atoms with E-state index in [4.69, 9.17) is 9.47 Å². The number of nitrogens with one attached hydrogen (secondary N) is 2. The second-order valence-corrected chi connectivity index (χ2v) is 7.87. The molecule has 6 nitrogen and oxygen atoms in total. The first kappa shape index (κ1) is 26.0. The van der Waals surface area contributed by atoms with Crippen LogP contribution < -0.4 is 15.4 Å². The third-order valence-electron chi connectivity index (χ3n) is 4.93. The van der Waals surface area contributed by atoms with Crippen LogP contribution in [0.25, 0.3) is 0 Å². The minimum absolute atomic E-state index is 0. The molecule has 1 aliphatic heterocycles. The molecule has 0 radical (unpaired) electrons. The van der Waals surface area contributed by atoms with Crippen molar-refractivity contribution in [1.29, 1.82) is 0 Å². The van der Waals surface area contributed by atoms with Crippen LogP contribution in [0.5, 0.6) is 5.75 Å². The molecule has 7 heteroatoms. The normalized spacial score (nSPS) is 17.0. The molecule has 1 aliphatic rings. The summed E-state index contributed by atoms with van der Waals surface area (Å²) in [5.41, 5.74) is 1.24. The highest BCUT2D eigenvalue weighted by atomic mass is 127. The summed E-state index contributed by atoms with van der Waals surface area (Å²) in [6.45, 7) is 13.1. The van der Waals surface area contributed by atoms with Crippen molar-refractivity contribution in [2.24, 2.45) is 4.99 Å². The molecule has 0 aliphatic carbocycles. The van der Waals surface area contributed by atoms with E-state index in [-0.39, 0.29) is 30.1 Å². The number of piperidine rings is 1. The first-order chi connectivity index (χ1) is 13.5. The molecule has 0 amide bonds. The summed E-state index contributed by atoms with van der Waals surface area (Å²) in [6.07, 6.45) is 2.62. The summed E-state index contributed by atoms with van der Waals surface area (Å²) >= 11 is 0. The lowest BCUT2D eigenvalue weighted by Crippen LogP contribution is -2.50. The Hall–Kier alpha value is -1.06. The summed E-state index contributed by atoms with van der Waals surface area (Å²) in [7, 11) is 1.82. The number of aryl methyl sites for hydroxylation is 1. The molecule has 1 aromatic rings. The van der Waals surface area contributed by atoms with Crippen LogP contribution in [0.2, 0.25) is 0 Å². The van der Waals surface area contributed by atoms with Crippen molar-refractivity contribution in [3.8, 4) is 5.75 Å². The molecule has 1 unspecified atom stereocenters. The van der Waals surface area contributed by atoms with E-state index in [0.717, 1.165) is 50.8 Å². The fourth-order valence-corrected chi connectivity index (χ4v) is 3.24. The topological polar surface area (TPSA) is 58.1 Å². The molecule has 1 fully saturated rings. The summed E-state index contributed by atoms with van der Waals surface area (Å²) in [4.78, 5) is 6.85. The van der Waals surface area contributed by atoms with Gasteiger partial charge in [-0.3, -0.25) is 4.99 Å². The Labute approximate surface area is 193 Å². The largest absolute Gasteiger partial charge is 0.489 e. The van der Waals surface area contributed by atoms with E-state index >= 15 is 0 Å². The van der Waals surface area contributed by atoms with E-state index in [9.17, 15) is 0 Å². The average Bonchev–Trinajstić information content (AvgIpc) is 2.68. The van der Waals surface area contributed by atoms with Crippen LogP contribution in [0.1, 0.15) is 39.2 Å². The van der Waals surface area contributed by atoms with E-state index in [1.54, 1.807) is 0 Å². The van der Waals surface area contributed by atoms with Gasteiger partial charge in [0, 0.05) is 32.7 Å². The minimum atomic E-state index is 0. The van der Waals surface area contributed by atoms with Crippen molar-refractivity contribution in [3.63, 3.8) is 0 Å². The van der Waals surface area contributed by atoms with E-state index < -0.39 is 0 Å². The summed E-state index contributed by atoms with van der Waals surface area (Å²) in [6, 6.07) is 8.62. The number of nitrogens with zero attached hydrogens (tertiary/aromatic N) is 2. The van der Waals surface area contributed by atoms with Gasteiger partial charge in [0.1, 0.15) is 11.9 Å². The summed E-state index contributed by atoms with van der Waals surface area (Å²) < 4.78 is 11.6. The maximum atomic E-state index is 5.96. The second-order valence-electron chi connectivity index (χ2n) is 7.87. The Morgan fingerprint density at radius 3 is 2.41 bits per heavy atom. The van der Waals surface area contributed by atoms with E-state index in [0.29, 0.717) is 18.7 Å². The standard InChI is InChI=1S/C22H38N4O2.HI/c1-17(2)27-15-14-26-12-10-20(11-13-26)25-22(23-5)24-16-19(4)28-21-8-6-18(3)7-9-21;/h6-9,17,19-20H,10-16H2,1-5H3,(H2,23,24,25);1H. The molecule has 0 bridgehead atoms. The molecule has 0 saturated carbocycles. The number of benzene rings is 1. The SMILES string of the molecule is CN=C(NCC(C)Oc1ccc(C)cc1)NC1CCN(CCOC(C)C)CC1.I. The van der Waals surface area contributed by atoms with Crippen molar-refractivity contribution < 1.29 is 9.47 Å². The predicted molar refractivity (Wildman–Crippen MR) is 132 cm³/mol. The van der Waals surface area contributed by atoms with Gasteiger partial charge in [-0.15, -0.1) is 24.0 Å². The lowest BCUT2D eigenvalue weighted by Gasteiger charge is -2.33. The van der Waals surface area contributed by atoms with Gasteiger partial charge in [0.05, 0.1) is 19.3 Å². The molecule has 1 saturated heterocycles. The van der Waals surface area contributed by atoms with Crippen LogP contribution in [-0.4, -0.2) is 68.9 Å². The van der Waals surface area contributed by atoms with Crippen molar-refractivity contribution in [1.82, 2.24) is 15.5 Å². The van der Waals surface area contributed by atoms with Gasteiger partial charge in [-0.05, 0) is 52.7 Å². The van der Waals surface area contributed by atoms with Crippen molar-refractivity contribution >= 4 is 29.9 Å². The van der Waals surface area contributed by atoms with Gasteiger partial charge in [-0.1, -0.05) is 17.7 Å². The fraction of sp³-hybridized carbons (Fsp3) is 0.682. The highest BCUT2D eigenvalue weighted by molar-refractivity contribution is 14.0. The van der Waals surface area contributed by atoms with Crippen LogP contribution in [0.3, 0.4) is 0 Å². The highest BCUT2D eigenvalue weighted by Crippen LogP contribution is 2.13. The maximum absolute atomic E-state index is 5.96. The van der Waals surface area contributed by atoms with Gasteiger partial charge in [-0.25, -0.2) is 0 Å². The van der Waals surface area contributed by atoms with E-state index in [2.05, 4.69) is 60.4 Å². The van der Waals surface area contributed by atoms with Gasteiger partial charge in [-0.2, -0.15) is 0 Å². The molecular weight excluding hydrogens is 479 g/mol. The first-order valence-electron chi connectivity index (χ1n) is 10.5. The number of rotatable bonds is 9. The Kier molecular flexibility index (Phi) is 12.6. The number of likely N-dealkylation sites (tertiary alicyclic amines) is 1. The molecule has 0 spiro atoms. The van der Waals surface area contributed by atoms with Crippen LogP contribution >= 0.6 is 24.0 Å². The van der Waals surface area contributed by atoms with Crippen LogP contribution in [0.4, 0.5) is 0 Å². The van der Waals surface area contributed by atoms with Crippen molar-refractivity contribution in [3.05, 3.63) is 29.8 Å². The number of hydrogen-bond acceptors (Lipinski definition) is 4. The number of hydrogen-bond donors (Lipinski definition) is 2. The number of ether oxygens (including phenoxy) is 2. The molecule has 1 aromatic carbocycles. The third kappa shape index (κ3) is 10.5. The number of halogens is 1. The van der Waals surface area contributed by atoms with Gasteiger partial charge in [0.15, 0.2) is 5.96 Å². The van der Waals surface area contributed by atoms with E-state index in [1.807, 2.05) is 19.2 Å². The summed E-state index contributed by atoms with van der Waals surface area (Å²) in [5.74, 6) is 1.75. The molecule has 0 aromatic heterocycles. The zero-order chi connectivity index (χ0) is 20.4.